The van der Waals surface area contributed by atoms with Gasteiger partial charge in [-0.3, -0.25) is 9.69 Å². The highest BCUT2D eigenvalue weighted by Gasteiger charge is 2.50. The zero-order valence-corrected chi connectivity index (χ0v) is 11.5. The van der Waals surface area contributed by atoms with Crippen molar-refractivity contribution in [1.82, 2.24) is 4.90 Å². The molecular weight excluding hydrogens is 236 g/mol. The maximum atomic E-state index is 12.5. The van der Waals surface area contributed by atoms with Crippen LogP contribution in [-0.2, 0) is 10.3 Å². The number of fused-ring (bicyclic) bond motifs is 3. The van der Waals surface area contributed by atoms with Gasteiger partial charge in [-0.15, -0.1) is 0 Å². The quantitative estimate of drug-likeness (QED) is 0.837. The van der Waals surface area contributed by atoms with E-state index in [9.17, 15) is 4.79 Å². The molecular formula is C16H18N2O. The van der Waals surface area contributed by atoms with Gasteiger partial charge in [-0.2, -0.15) is 0 Å². The van der Waals surface area contributed by atoms with Gasteiger partial charge in [-0.05, 0) is 30.0 Å². The Morgan fingerprint density at radius 2 is 1.95 bits per heavy atom. The Morgan fingerprint density at radius 1 is 1.26 bits per heavy atom. The fourth-order valence-electron chi connectivity index (χ4n) is 3.13. The second kappa shape index (κ2) is 3.73. The van der Waals surface area contributed by atoms with Gasteiger partial charge in [0.05, 0.1) is 0 Å². The van der Waals surface area contributed by atoms with Crippen LogP contribution in [0.25, 0.3) is 6.08 Å². The van der Waals surface area contributed by atoms with Gasteiger partial charge < -0.3 is 5.73 Å². The van der Waals surface area contributed by atoms with Crippen LogP contribution in [0.2, 0.25) is 0 Å². The smallest absolute Gasteiger partial charge is 0.256 e. The monoisotopic (exact) mass is 254 g/mol. The summed E-state index contributed by atoms with van der Waals surface area (Å²) in [4.78, 5) is 14.3. The predicted molar refractivity (Wildman–Crippen MR) is 75.7 cm³/mol. The molecule has 0 saturated heterocycles. The Kier molecular flexibility index (Phi) is 2.36. The molecule has 2 aliphatic heterocycles. The van der Waals surface area contributed by atoms with Crippen molar-refractivity contribution >= 4 is 12.0 Å². The molecule has 0 aromatic heterocycles. The molecule has 2 N–H and O–H groups in total. The highest BCUT2D eigenvalue weighted by Crippen LogP contribution is 2.46. The van der Waals surface area contributed by atoms with Crippen molar-refractivity contribution in [2.75, 3.05) is 0 Å². The largest absolute Gasteiger partial charge is 0.399 e. The Labute approximate surface area is 113 Å². The maximum Gasteiger partial charge on any atom is 0.256 e. The molecule has 3 rings (SSSR count). The predicted octanol–water partition coefficient (Wildman–Crippen LogP) is 2.60. The van der Waals surface area contributed by atoms with Gasteiger partial charge >= 0.3 is 0 Å². The van der Waals surface area contributed by atoms with E-state index in [2.05, 4.69) is 12.1 Å². The topological polar surface area (TPSA) is 46.3 Å². The summed E-state index contributed by atoms with van der Waals surface area (Å²) >= 11 is 0. The summed E-state index contributed by atoms with van der Waals surface area (Å²) < 4.78 is 0. The molecule has 1 atom stereocenters. The van der Waals surface area contributed by atoms with Crippen LogP contribution in [0.5, 0.6) is 0 Å². The number of rotatable bonds is 1. The zero-order valence-electron chi connectivity index (χ0n) is 11.5. The molecule has 2 aliphatic rings. The molecule has 98 valence electrons. The van der Waals surface area contributed by atoms with E-state index in [1.807, 2.05) is 45.2 Å². The summed E-state index contributed by atoms with van der Waals surface area (Å²) in [6.45, 7) is 6.05. The van der Waals surface area contributed by atoms with Crippen LogP contribution in [0, 0.1) is 5.92 Å². The van der Waals surface area contributed by atoms with Crippen molar-refractivity contribution in [3.05, 3.63) is 52.9 Å². The molecule has 0 aliphatic carbocycles. The van der Waals surface area contributed by atoms with E-state index in [1.165, 1.54) is 0 Å². The Bertz CT molecular complexity index is 627. The molecule has 1 aromatic carbocycles. The third-order valence-corrected chi connectivity index (χ3v) is 4.21. The van der Waals surface area contributed by atoms with Gasteiger partial charge in [0.2, 0.25) is 0 Å². The van der Waals surface area contributed by atoms with Crippen LogP contribution in [0.1, 0.15) is 31.9 Å². The summed E-state index contributed by atoms with van der Waals surface area (Å²) in [6.07, 6.45) is 3.83. The van der Waals surface area contributed by atoms with Crippen molar-refractivity contribution < 1.29 is 4.79 Å². The standard InChI is InChI=1S/C16H18N2O/c1-10(2)13-14(17)16(3)12-7-5-4-6-11(12)8-9-18(16)15(13)19/h4-10H,17H2,1-3H3. The molecule has 1 amide bonds. The number of nitrogens with zero attached hydrogens (tertiary/aromatic N) is 1. The fraction of sp³-hybridized carbons (Fsp3) is 0.312. The summed E-state index contributed by atoms with van der Waals surface area (Å²) in [5, 5.41) is 0. The first-order valence-corrected chi connectivity index (χ1v) is 6.59. The average molecular weight is 254 g/mol. The lowest BCUT2D eigenvalue weighted by molar-refractivity contribution is -0.126. The van der Waals surface area contributed by atoms with Crippen LogP contribution >= 0.6 is 0 Å². The average Bonchev–Trinajstić information content (AvgIpc) is 2.58. The Balaban J connectivity index is 2.28. The SMILES string of the molecule is CC(C)C1=C(N)C2(C)c3ccccc3C=CN2C1=O. The first-order chi connectivity index (χ1) is 8.98. The van der Waals surface area contributed by atoms with Gasteiger partial charge in [0.25, 0.3) is 5.91 Å². The van der Waals surface area contributed by atoms with E-state index in [-0.39, 0.29) is 11.8 Å². The summed E-state index contributed by atoms with van der Waals surface area (Å²) in [5.74, 6) is 0.163. The lowest BCUT2D eigenvalue weighted by Gasteiger charge is -2.38. The zero-order chi connectivity index (χ0) is 13.8. The minimum Gasteiger partial charge on any atom is -0.399 e. The molecule has 0 bridgehead atoms. The summed E-state index contributed by atoms with van der Waals surface area (Å²) in [7, 11) is 0. The van der Waals surface area contributed by atoms with Crippen LogP contribution in [0.15, 0.2) is 41.7 Å². The van der Waals surface area contributed by atoms with Crippen LogP contribution in [-0.4, -0.2) is 10.8 Å². The lowest BCUT2D eigenvalue weighted by Crippen LogP contribution is -2.43. The minimum absolute atomic E-state index is 0.0285. The Morgan fingerprint density at radius 3 is 2.63 bits per heavy atom. The molecule has 19 heavy (non-hydrogen) atoms. The third kappa shape index (κ3) is 1.35. The van der Waals surface area contributed by atoms with Crippen LogP contribution < -0.4 is 5.73 Å². The summed E-state index contributed by atoms with van der Waals surface area (Å²) in [6, 6.07) is 8.10. The van der Waals surface area contributed by atoms with Crippen LogP contribution in [0.3, 0.4) is 0 Å². The van der Waals surface area contributed by atoms with E-state index in [4.69, 9.17) is 5.73 Å². The number of benzene rings is 1. The highest BCUT2D eigenvalue weighted by atomic mass is 16.2. The van der Waals surface area contributed by atoms with Gasteiger partial charge in [0, 0.05) is 17.5 Å². The molecule has 3 nitrogen and oxygen atoms in total. The first-order valence-electron chi connectivity index (χ1n) is 6.59. The highest BCUT2D eigenvalue weighted by molar-refractivity contribution is 6.00. The van der Waals surface area contributed by atoms with Gasteiger partial charge in [-0.25, -0.2) is 0 Å². The molecule has 0 fully saturated rings. The number of amides is 1. The van der Waals surface area contributed by atoms with E-state index in [0.29, 0.717) is 5.70 Å². The van der Waals surface area contributed by atoms with Crippen molar-refractivity contribution in [3.8, 4) is 0 Å². The summed E-state index contributed by atoms with van der Waals surface area (Å²) in [5.41, 5.74) is 9.47. The van der Waals surface area contributed by atoms with Gasteiger partial charge in [0.15, 0.2) is 0 Å². The lowest BCUT2D eigenvalue weighted by atomic mass is 9.82. The van der Waals surface area contributed by atoms with E-state index in [0.717, 1.165) is 16.7 Å². The first kappa shape index (κ1) is 12.0. The molecule has 0 saturated carbocycles. The Hall–Kier alpha value is -2.03. The number of hydrogen-bond acceptors (Lipinski definition) is 2. The number of hydrogen-bond donors (Lipinski definition) is 1. The second-order valence-corrected chi connectivity index (χ2v) is 5.63. The van der Waals surface area contributed by atoms with Crippen molar-refractivity contribution in [2.24, 2.45) is 11.7 Å². The molecule has 1 aromatic rings. The third-order valence-electron chi connectivity index (χ3n) is 4.21. The minimum atomic E-state index is -0.540. The maximum absolute atomic E-state index is 12.5. The van der Waals surface area contributed by atoms with Gasteiger partial charge in [0.1, 0.15) is 5.54 Å². The molecule has 1 unspecified atom stereocenters. The second-order valence-electron chi connectivity index (χ2n) is 5.63. The fourth-order valence-corrected chi connectivity index (χ4v) is 3.13. The number of carbonyl (C=O) groups excluding carboxylic acids is 1. The van der Waals surface area contributed by atoms with E-state index >= 15 is 0 Å². The van der Waals surface area contributed by atoms with Crippen molar-refractivity contribution in [3.63, 3.8) is 0 Å². The van der Waals surface area contributed by atoms with Crippen molar-refractivity contribution in [2.45, 2.75) is 26.3 Å². The number of carbonyl (C=O) groups is 1. The van der Waals surface area contributed by atoms with Crippen molar-refractivity contribution in [1.29, 1.82) is 0 Å². The van der Waals surface area contributed by atoms with E-state index in [1.54, 1.807) is 4.90 Å². The van der Waals surface area contributed by atoms with Crippen LogP contribution in [0.4, 0.5) is 0 Å². The number of nitrogens with two attached hydrogens (primary N) is 1. The molecule has 2 heterocycles. The molecule has 3 heteroatoms. The van der Waals surface area contributed by atoms with E-state index < -0.39 is 5.54 Å². The van der Waals surface area contributed by atoms with Gasteiger partial charge in [-0.1, -0.05) is 38.1 Å². The molecule has 0 radical (unpaired) electrons. The normalized spacial score (nSPS) is 25.1. The molecule has 0 spiro atoms.